The van der Waals surface area contributed by atoms with Crippen molar-refractivity contribution >= 4 is 5.69 Å². The van der Waals surface area contributed by atoms with E-state index in [1.54, 1.807) is 13.8 Å². The van der Waals surface area contributed by atoms with Gasteiger partial charge in [0.25, 0.3) is 0 Å². The molecular formula is C12H11F3N2O. The lowest BCUT2D eigenvalue weighted by Crippen LogP contribution is -2.16. The minimum absolute atomic E-state index is 0.0125. The molecule has 96 valence electrons. The molecule has 0 radical (unpaired) electrons. The summed E-state index contributed by atoms with van der Waals surface area (Å²) >= 11 is 0. The Balaban J connectivity index is 3.28. The lowest BCUT2D eigenvalue weighted by atomic mass is 9.85. The molecule has 0 aliphatic rings. The number of halogens is 3. The molecule has 1 aromatic rings. The summed E-state index contributed by atoms with van der Waals surface area (Å²) in [6.45, 7) is 3.11. The van der Waals surface area contributed by atoms with Crippen LogP contribution in [0.25, 0.3) is 0 Å². The molecular weight excluding hydrogens is 245 g/mol. The van der Waals surface area contributed by atoms with Crippen LogP contribution in [-0.2, 0) is 12.6 Å². The average molecular weight is 256 g/mol. The number of nitriles is 1. The second-order valence-electron chi connectivity index (χ2n) is 4.60. The Kier molecular flexibility index (Phi) is 3.75. The normalized spacial score (nSPS) is 12.0. The Labute approximate surface area is 102 Å². The molecule has 1 rings (SSSR count). The third-order valence-corrected chi connectivity index (χ3v) is 2.44. The average Bonchev–Trinajstić information content (AvgIpc) is 2.27. The quantitative estimate of drug-likeness (QED) is 0.761. The fourth-order valence-corrected chi connectivity index (χ4v) is 1.55. The van der Waals surface area contributed by atoms with Crippen LogP contribution >= 0.6 is 0 Å². The van der Waals surface area contributed by atoms with Crippen LogP contribution in [0, 0.1) is 21.7 Å². The van der Waals surface area contributed by atoms with Crippen LogP contribution in [0.5, 0.6) is 0 Å². The number of nitroso groups, excluding NO2 is 1. The van der Waals surface area contributed by atoms with Gasteiger partial charge in [-0.25, -0.2) is 0 Å². The molecule has 0 spiro atoms. The van der Waals surface area contributed by atoms with Gasteiger partial charge in [0, 0.05) is 0 Å². The summed E-state index contributed by atoms with van der Waals surface area (Å²) < 4.78 is 38.5. The first-order valence-electron chi connectivity index (χ1n) is 5.14. The fraction of sp³-hybridized carbons (Fsp3) is 0.417. The Morgan fingerprint density at radius 2 is 1.94 bits per heavy atom. The van der Waals surface area contributed by atoms with E-state index < -0.39 is 17.2 Å². The van der Waals surface area contributed by atoms with Gasteiger partial charge in [0.15, 0.2) is 0 Å². The zero-order valence-corrected chi connectivity index (χ0v) is 9.88. The number of benzene rings is 1. The molecule has 0 bridgehead atoms. The lowest BCUT2D eigenvalue weighted by molar-refractivity contribution is -0.138. The van der Waals surface area contributed by atoms with Gasteiger partial charge in [0.05, 0.1) is 17.0 Å². The summed E-state index contributed by atoms with van der Waals surface area (Å²) in [6.07, 6.45) is -4.61. The van der Waals surface area contributed by atoms with Crippen molar-refractivity contribution in [1.29, 1.82) is 5.26 Å². The van der Waals surface area contributed by atoms with Crippen molar-refractivity contribution < 1.29 is 13.2 Å². The molecule has 18 heavy (non-hydrogen) atoms. The third kappa shape index (κ3) is 3.29. The third-order valence-electron chi connectivity index (χ3n) is 2.44. The number of alkyl halides is 3. The molecule has 0 aromatic heterocycles. The Morgan fingerprint density at radius 3 is 2.39 bits per heavy atom. The summed E-state index contributed by atoms with van der Waals surface area (Å²) in [5.41, 5.74) is -2.11. The van der Waals surface area contributed by atoms with Crippen LogP contribution in [0.3, 0.4) is 0 Å². The van der Waals surface area contributed by atoms with E-state index in [0.29, 0.717) is 6.07 Å². The number of rotatable bonds is 3. The first-order chi connectivity index (χ1) is 8.19. The summed E-state index contributed by atoms with van der Waals surface area (Å²) in [6, 6.07) is 5.06. The van der Waals surface area contributed by atoms with Gasteiger partial charge >= 0.3 is 6.18 Å². The minimum Gasteiger partial charge on any atom is -0.198 e. The van der Waals surface area contributed by atoms with E-state index in [1.807, 2.05) is 6.07 Å². The minimum atomic E-state index is -4.57. The van der Waals surface area contributed by atoms with Crippen molar-refractivity contribution in [3.63, 3.8) is 0 Å². The topological polar surface area (TPSA) is 53.2 Å². The van der Waals surface area contributed by atoms with Gasteiger partial charge in [-0.15, -0.1) is 4.91 Å². The second kappa shape index (κ2) is 4.77. The van der Waals surface area contributed by atoms with E-state index in [-0.39, 0.29) is 17.7 Å². The second-order valence-corrected chi connectivity index (χ2v) is 4.60. The monoisotopic (exact) mass is 256 g/mol. The van der Waals surface area contributed by atoms with E-state index in [1.165, 1.54) is 12.1 Å². The van der Waals surface area contributed by atoms with Crippen molar-refractivity contribution in [2.45, 2.75) is 26.4 Å². The number of nitrogens with zero attached hydrogens (tertiary/aromatic N) is 2. The first kappa shape index (κ1) is 14.2. The summed E-state index contributed by atoms with van der Waals surface area (Å²) in [4.78, 5) is 10.3. The zero-order chi connectivity index (χ0) is 14.0. The van der Waals surface area contributed by atoms with Crippen LogP contribution in [0.15, 0.2) is 23.4 Å². The van der Waals surface area contributed by atoms with Crippen LogP contribution in [0.1, 0.15) is 25.0 Å². The maximum Gasteiger partial charge on any atom is 0.416 e. The van der Waals surface area contributed by atoms with Crippen molar-refractivity contribution in [3.8, 4) is 6.07 Å². The standard InChI is InChI=1S/C12H11F3N2O/c1-11(2,7-16)6-8-3-4-9(17-18)5-10(8)12(13,14)15/h3-5H,6H2,1-2H3. The van der Waals surface area contributed by atoms with Gasteiger partial charge in [-0.3, -0.25) is 0 Å². The first-order valence-corrected chi connectivity index (χ1v) is 5.14. The molecule has 0 N–H and O–H groups in total. The molecule has 0 heterocycles. The van der Waals surface area contributed by atoms with Crippen LogP contribution in [0.2, 0.25) is 0 Å². The molecule has 0 saturated heterocycles. The van der Waals surface area contributed by atoms with Gasteiger partial charge in [-0.05, 0) is 43.1 Å². The van der Waals surface area contributed by atoms with E-state index in [0.717, 1.165) is 0 Å². The summed E-state index contributed by atoms with van der Waals surface area (Å²) in [5, 5.41) is 11.3. The summed E-state index contributed by atoms with van der Waals surface area (Å²) in [7, 11) is 0. The highest BCUT2D eigenvalue weighted by molar-refractivity contribution is 5.45. The largest absolute Gasteiger partial charge is 0.416 e. The predicted molar refractivity (Wildman–Crippen MR) is 60.0 cm³/mol. The van der Waals surface area contributed by atoms with E-state index in [9.17, 15) is 18.1 Å². The molecule has 0 aliphatic heterocycles. The fourth-order valence-electron chi connectivity index (χ4n) is 1.55. The SMILES string of the molecule is CC(C)(C#N)Cc1ccc(N=O)cc1C(F)(F)F. The van der Waals surface area contributed by atoms with Gasteiger partial charge in [-0.1, -0.05) is 6.07 Å². The molecule has 0 fully saturated rings. The highest BCUT2D eigenvalue weighted by Gasteiger charge is 2.35. The van der Waals surface area contributed by atoms with E-state index >= 15 is 0 Å². The summed E-state index contributed by atoms with van der Waals surface area (Å²) in [5.74, 6) is 0. The Morgan fingerprint density at radius 1 is 1.33 bits per heavy atom. The lowest BCUT2D eigenvalue weighted by Gasteiger charge is -2.19. The van der Waals surface area contributed by atoms with E-state index in [4.69, 9.17) is 5.26 Å². The smallest absolute Gasteiger partial charge is 0.198 e. The molecule has 3 nitrogen and oxygen atoms in total. The number of hydrogen-bond donors (Lipinski definition) is 0. The van der Waals surface area contributed by atoms with Crippen LogP contribution < -0.4 is 0 Å². The van der Waals surface area contributed by atoms with Crippen molar-refractivity contribution in [1.82, 2.24) is 0 Å². The molecule has 6 heteroatoms. The maximum absolute atomic E-state index is 12.8. The molecule has 0 unspecified atom stereocenters. The molecule has 0 aliphatic carbocycles. The van der Waals surface area contributed by atoms with Crippen molar-refractivity contribution in [2.24, 2.45) is 10.6 Å². The predicted octanol–water partition coefficient (Wildman–Crippen LogP) is 4.20. The molecule has 0 amide bonds. The van der Waals surface area contributed by atoms with Crippen LogP contribution in [-0.4, -0.2) is 0 Å². The van der Waals surface area contributed by atoms with Gasteiger partial charge in [0.1, 0.15) is 5.69 Å². The van der Waals surface area contributed by atoms with Gasteiger partial charge in [-0.2, -0.15) is 18.4 Å². The molecule has 0 atom stereocenters. The van der Waals surface area contributed by atoms with E-state index in [2.05, 4.69) is 5.18 Å². The maximum atomic E-state index is 12.8. The van der Waals surface area contributed by atoms with Crippen LogP contribution in [0.4, 0.5) is 18.9 Å². The molecule has 1 aromatic carbocycles. The van der Waals surface area contributed by atoms with Gasteiger partial charge in [0.2, 0.25) is 0 Å². The Bertz CT molecular complexity index is 501. The molecule has 0 saturated carbocycles. The zero-order valence-electron chi connectivity index (χ0n) is 9.88. The highest BCUT2D eigenvalue weighted by Crippen LogP contribution is 2.36. The van der Waals surface area contributed by atoms with Gasteiger partial charge < -0.3 is 0 Å². The Hall–Kier alpha value is -1.90. The highest BCUT2D eigenvalue weighted by atomic mass is 19.4. The van der Waals surface area contributed by atoms with Crippen molar-refractivity contribution in [2.75, 3.05) is 0 Å². The van der Waals surface area contributed by atoms with Crippen molar-refractivity contribution in [3.05, 3.63) is 34.2 Å². The number of hydrogen-bond acceptors (Lipinski definition) is 3.